The maximum absolute atomic E-state index is 5.79. The van der Waals surface area contributed by atoms with Gasteiger partial charge in [-0.05, 0) is 36.5 Å². The number of hydrogen-bond donors (Lipinski definition) is 2. The van der Waals surface area contributed by atoms with Gasteiger partial charge in [-0.3, -0.25) is 10.2 Å². The van der Waals surface area contributed by atoms with Crippen LogP contribution in [0.1, 0.15) is 5.82 Å². The Balaban J connectivity index is 1.99. The maximum Gasteiger partial charge on any atom is 0.213 e. The third-order valence-electron chi connectivity index (χ3n) is 1.74. The van der Waals surface area contributed by atoms with Gasteiger partial charge in [0.25, 0.3) is 0 Å². The van der Waals surface area contributed by atoms with Gasteiger partial charge in [0.05, 0.1) is 5.75 Å². The molecule has 0 aliphatic carbocycles. The molecule has 0 aliphatic heterocycles. The summed E-state index contributed by atoms with van der Waals surface area (Å²) in [5.41, 5.74) is 0. The Morgan fingerprint density at radius 1 is 1.27 bits per heavy atom. The summed E-state index contributed by atoms with van der Waals surface area (Å²) in [7, 11) is 0. The molecule has 0 spiro atoms. The molecule has 1 aromatic carbocycles. The third-order valence-corrected chi connectivity index (χ3v) is 3.21. The molecule has 3 nitrogen and oxygen atoms in total. The second-order valence-corrected chi connectivity index (χ2v) is 4.73. The van der Waals surface area contributed by atoms with Crippen LogP contribution in [0.15, 0.2) is 29.2 Å². The highest BCUT2D eigenvalue weighted by Gasteiger charge is 1.98. The number of thioether (sulfide) groups is 1. The number of H-pyrrole nitrogens is 2. The number of halogens is 1. The standard InChI is InChI=1S/C9H8ClN3S2/c10-6-1-3-7(4-2-6)15-5-8-11-9(14)13-12-8/h1-4H,5H2,(H2,11,12,13,14). The van der Waals surface area contributed by atoms with Crippen LogP contribution in [0.25, 0.3) is 0 Å². The smallest absolute Gasteiger partial charge is 0.213 e. The van der Waals surface area contributed by atoms with Gasteiger partial charge in [0.2, 0.25) is 4.77 Å². The second-order valence-electron chi connectivity index (χ2n) is 2.86. The molecule has 2 aromatic rings. The Kier molecular flexibility index (Phi) is 3.45. The number of aromatic nitrogens is 3. The molecular formula is C9H8ClN3S2. The van der Waals surface area contributed by atoms with Crippen molar-refractivity contribution in [2.24, 2.45) is 0 Å². The van der Waals surface area contributed by atoms with E-state index in [0.29, 0.717) is 4.77 Å². The van der Waals surface area contributed by atoms with E-state index in [4.69, 9.17) is 23.8 Å². The highest BCUT2D eigenvalue weighted by atomic mass is 35.5. The molecule has 0 unspecified atom stereocenters. The molecule has 0 aliphatic rings. The zero-order valence-corrected chi connectivity index (χ0v) is 10.0. The van der Waals surface area contributed by atoms with Gasteiger partial charge in [-0.25, -0.2) is 4.98 Å². The zero-order valence-electron chi connectivity index (χ0n) is 7.66. The van der Waals surface area contributed by atoms with Crippen LogP contribution in [0, 0.1) is 4.77 Å². The van der Waals surface area contributed by atoms with Gasteiger partial charge >= 0.3 is 0 Å². The van der Waals surface area contributed by atoms with E-state index in [1.54, 1.807) is 11.8 Å². The number of nitrogens with zero attached hydrogens (tertiary/aromatic N) is 1. The zero-order chi connectivity index (χ0) is 10.7. The SMILES string of the molecule is S=c1nc(CSc2ccc(Cl)cc2)[nH][nH]1. The average Bonchev–Trinajstić information content (AvgIpc) is 2.64. The summed E-state index contributed by atoms with van der Waals surface area (Å²) in [6, 6.07) is 7.70. The Hall–Kier alpha value is -0.780. The van der Waals surface area contributed by atoms with Crippen LogP contribution in [0.3, 0.4) is 0 Å². The van der Waals surface area contributed by atoms with Crippen molar-refractivity contribution in [3.8, 4) is 0 Å². The summed E-state index contributed by atoms with van der Waals surface area (Å²) in [6.45, 7) is 0. The van der Waals surface area contributed by atoms with Crippen LogP contribution in [0.2, 0.25) is 5.02 Å². The van der Waals surface area contributed by atoms with E-state index in [9.17, 15) is 0 Å². The Bertz CT molecular complexity index is 489. The molecule has 2 N–H and O–H groups in total. The largest absolute Gasteiger partial charge is 0.285 e. The van der Waals surface area contributed by atoms with E-state index < -0.39 is 0 Å². The molecule has 6 heteroatoms. The van der Waals surface area contributed by atoms with Crippen molar-refractivity contribution in [3.05, 3.63) is 39.9 Å². The van der Waals surface area contributed by atoms with Crippen LogP contribution in [-0.4, -0.2) is 15.2 Å². The fourth-order valence-corrected chi connectivity index (χ4v) is 2.11. The van der Waals surface area contributed by atoms with Crippen molar-refractivity contribution in [3.63, 3.8) is 0 Å². The van der Waals surface area contributed by atoms with E-state index in [2.05, 4.69) is 15.2 Å². The third kappa shape index (κ3) is 3.09. The van der Waals surface area contributed by atoms with Crippen LogP contribution in [0.5, 0.6) is 0 Å². The molecule has 0 fully saturated rings. The molecule has 0 saturated heterocycles. The highest BCUT2D eigenvalue weighted by molar-refractivity contribution is 7.98. The van der Waals surface area contributed by atoms with Gasteiger partial charge in [-0.1, -0.05) is 11.6 Å². The summed E-state index contributed by atoms with van der Waals surface area (Å²) >= 11 is 12.3. The first-order chi connectivity index (χ1) is 7.24. The molecule has 2 rings (SSSR count). The van der Waals surface area contributed by atoms with E-state index in [1.165, 1.54) is 0 Å². The van der Waals surface area contributed by atoms with Crippen LogP contribution >= 0.6 is 35.6 Å². The molecule has 15 heavy (non-hydrogen) atoms. The van der Waals surface area contributed by atoms with Gasteiger partial charge in [-0.15, -0.1) is 11.8 Å². The van der Waals surface area contributed by atoms with Crippen molar-refractivity contribution < 1.29 is 0 Å². The fourth-order valence-electron chi connectivity index (χ4n) is 1.05. The Morgan fingerprint density at radius 2 is 2.00 bits per heavy atom. The van der Waals surface area contributed by atoms with Crippen LogP contribution in [0.4, 0.5) is 0 Å². The summed E-state index contributed by atoms with van der Waals surface area (Å²) < 4.78 is 0.488. The van der Waals surface area contributed by atoms with Crippen molar-refractivity contribution >= 4 is 35.6 Å². The van der Waals surface area contributed by atoms with Gasteiger partial charge < -0.3 is 0 Å². The lowest BCUT2D eigenvalue weighted by Crippen LogP contribution is -1.83. The van der Waals surface area contributed by atoms with Gasteiger partial charge in [0, 0.05) is 9.92 Å². The van der Waals surface area contributed by atoms with E-state index in [0.717, 1.165) is 21.5 Å². The lowest BCUT2D eigenvalue weighted by Gasteiger charge is -1.98. The van der Waals surface area contributed by atoms with Crippen molar-refractivity contribution in [2.75, 3.05) is 0 Å². The normalized spacial score (nSPS) is 10.5. The molecule has 1 heterocycles. The fraction of sp³-hybridized carbons (Fsp3) is 0.111. The quantitative estimate of drug-likeness (QED) is 0.654. The first-order valence-corrected chi connectivity index (χ1v) is 6.03. The highest BCUT2D eigenvalue weighted by Crippen LogP contribution is 2.22. The topological polar surface area (TPSA) is 44.5 Å². The summed E-state index contributed by atoms with van der Waals surface area (Å²) in [4.78, 5) is 5.25. The van der Waals surface area contributed by atoms with Crippen molar-refractivity contribution in [1.82, 2.24) is 15.2 Å². The molecule has 0 radical (unpaired) electrons. The van der Waals surface area contributed by atoms with Crippen molar-refractivity contribution in [1.29, 1.82) is 0 Å². The number of aromatic amines is 2. The maximum atomic E-state index is 5.79. The summed E-state index contributed by atoms with van der Waals surface area (Å²) in [6.07, 6.45) is 0. The number of hydrogen-bond acceptors (Lipinski definition) is 3. The minimum Gasteiger partial charge on any atom is -0.285 e. The summed E-state index contributed by atoms with van der Waals surface area (Å²) in [5, 5.41) is 6.41. The monoisotopic (exact) mass is 257 g/mol. The molecule has 0 atom stereocenters. The first-order valence-electron chi connectivity index (χ1n) is 4.26. The Morgan fingerprint density at radius 3 is 2.60 bits per heavy atom. The first kappa shape index (κ1) is 10.7. The predicted octanol–water partition coefficient (Wildman–Crippen LogP) is 3.41. The Labute approximate surface area is 101 Å². The molecule has 0 bridgehead atoms. The van der Waals surface area contributed by atoms with E-state index in [1.807, 2.05) is 24.3 Å². The predicted molar refractivity (Wildman–Crippen MR) is 64.8 cm³/mol. The minimum absolute atomic E-state index is 0.488. The van der Waals surface area contributed by atoms with E-state index >= 15 is 0 Å². The molecule has 0 saturated carbocycles. The van der Waals surface area contributed by atoms with Gasteiger partial charge in [0.1, 0.15) is 5.82 Å². The van der Waals surface area contributed by atoms with Gasteiger partial charge in [0.15, 0.2) is 0 Å². The van der Waals surface area contributed by atoms with Crippen LogP contribution in [-0.2, 0) is 5.75 Å². The lowest BCUT2D eigenvalue weighted by atomic mass is 10.4. The average molecular weight is 258 g/mol. The number of rotatable bonds is 3. The van der Waals surface area contributed by atoms with Crippen molar-refractivity contribution in [2.45, 2.75) is 10.6 Å². The molecule has 0 amide bonds. The molecule has 78 valence electrons. The molecule has 1 aromatic heterocycles. The lowest BCUT2D eigenvalue weighted by molar-refractivity contribution is 1.02. The number of benzene rings is 1. The minimum atomic E-state index is 0.488. The second kappa shape index (κ2) is 4.83. The number of nitrogens with one attached hydrogen (secondary N) is 2. The molecular weight excluding hydrogens is 250 g/mol. The van der Waals surface area contributed by atoms with Gasteiger partial charge in [-0.2, -0.15) is 0 Å². The van der Waals surface area contributed by atoms with E-state index in [-0.39, 0.29) is 0 Å². The van der Waals surface area contributed by atoms with Crippen LogP contribution < -0.4 is 0 Å². The summed E-state index contributed by atoms with van der Waals surface area (Å²) in [5.74, 6) is 1.61.